The Morgan fingerprint density at radius 3 is 2.36 bits per heavy atom. The monoisotopic (exact) mass is 404 g/mol. The highest BCUT2D eigenvalue weighted by Gasteiger charge is 2.23. The number of ether oxygens (including phenoxy) is 1. The van der Waals surface area contributed by atoms with Crippen molar-refractivity contribution in [1.82, 2.24) is 0 Å². The van der Waals surface area contributed by atoms with Gasteiger partial charge in [-0.1, -0.05) is 18.2 Å². The van der Waals surface area contributed by atoms with Gasteiger partial charge in [-0.05, 0) is 55.7 Å². The van der Waals surface area contributed by atoms with Gasteiger partial charge in [-0.25, -0.2) is 13.2 Å². The van der Waals surface area contributed by atoms with Gasteiger partial charge in [0.2, 0.25) is 15.9 Å². The fraction of sp³-hybridized carbons (Fsp3) is 0.300. The van der Waals surface area contributed by atoms with Crippen molar-refractivity contribution in [3.8, 4) is 0 Å². The predicted molar refractivity (Wildman–Crippen MR) is 109 cm³/mol. The van der Waals surface area contributed by atoms with Crippen molar-refractivity contribution in [3.63, 3.8) is 0 Å². The van der Waals surface area contributed by atoms with Gasteiger partial charge in [-0.2, -0.15) is 0 Å². The molecule has 0 atom stereocenters. The zero-order valence-electron chi connectivity index (χ0n) is 16.6. The molecule has 0 radical (unpaired) electrons. The van der Waals surface area contributed by atoms with E-state index in [9.17, 15) is 18.0 Å². The molecule has 1 amide bonds. The van der Waals surface area contributed by atoms with Gasteiger partial charge in [0.15, 0.2) is 0 Å². The van der Waals surface area contributed by atoms with E-state index >= 15 is 0 Å². The molecule has 0 unspecified atom stereocenters. The Bertz CT molecular complexity index is 1020. The zero-order valence-corrected chi connectivity index (χ0v) is 17.4. The van der Waals surface area contributed by atoms with Gasteiger partial charge < -0.3 is 10.1 Å². The van der Waals surface area contributed by atoms with Crippen molar-refractivity contribution in [2.24, 2.45) is 0 Å². The summed E-state index contributed by atoms with van der Waals surface area (Å²) in [5, 5.41) is 2.68. The van der Waals surface area contributed by atoms with Crippen LogP contribution in [0.2, 0.25) is 0 Å². The van der Waals surface area contributed by atoms with E-state index in [0.717, 1.165) is 27.3 Å². The number of amides is 1. The molecule has 0 aliphatic rings. The Morgan fingerprint density at radius 2 is 1.75 bits per heavy atom. The Labute approximate surface area is 165 Å². The number of nitrogens with one attached hydrogen (secondary N) is 1. The number of hydrogen-bond acceptors (Lipinski definition) is 5. The van der Waals surface area contributed by atoms with Crippen LogP contribution in [0.5, 0.6) is 0 Å². The molecule has 150 valence electrons. The fourth-order valence-electron chi connectivity index (χ4n) is 2.71. The summed E-state index contributed by atoms with van der Waals surface area (Å²) in [7, 11) is -2.41. The number of benzene rings is 2. The van der Waals surface area contributed by atoms with Crippen LogP contribution < -0.4 is 9.62 Å². The third-order valence-electron chi connectivity index (χ3n) is 4.47. The van der Waals surface area contributed by atoms with Crippen molar-refractivity contribution in [3.05, 3.63) is 58.7 Å². The molecule has 28 heavy (non-hydrogen) atoms. The molecule has 7 nitrogen and oxygen atoms in total. The first-order chi connectivity index (χ1) is 13.0. The third kappa shape index (κ3) is 4.89. The standard InChI is InChI=1S/C20H24N2O5S/c1-13-7-6-8-18(15(13)3)22(28(5,25)26)12-19(23)21-17-11-16(20(24)27-4)10-9-14(17)2/h6-11H,12H2,1-5H3,(H,21,23). The third-order valence-corrected chi connectivity index (χ3v) is 5.59. The van der Waals surface area contributed by atoms with E-state index in [1.165, 1.54) is 13.2 Å². The SMILES string of the molecule is COC(=O)c1ccc(C)c(NC(=O)CN(c2cccc(C)c2C)S(C)(=O)=O)c1. The highest BCUT2D eigenvalue weighted by molar-refractivity contribution is 7.92. The van der Waals surface area contributed by atoms with E-state index in [-0.39, 0.29) is 12.1 Å². The second kappa shape index (κ2) is 8.43. The molecule has 2 aromatic rings. The lowest BCUT2D eigenvalue weighted by Gasteiger charge is -2.24. The molecular formula is C20H24N2O5S. The van der Waals surface area contributed by atoms with Crippen LogP contribution in [0.25, 0.3) is 0 Å². The predicted octanol–water partition coefficient (Wildman–Crippen LogP) is 2.80. The second-order valence-electron chi connectivity index (χ2n) is 6.56. The average Bonchev–Trinajstić information content (AvgIpc) is 2.62. The van der Waals surface area contributed by atoms with Gasteiger partial charge in [0.05, 0.1) is 24.6 Å². The van der Waals surface area contributed by atoms with E-state index < -0.39 is 21.9 Å². The number of sulfonamides is 1. The Kier molecular flexibility index (Phi) is 6.45. The Morgan fingerprint density at radius 1 is 1.07 bits per heavy atom. The van der Waals surface area contributed by atoms with E-state index in [2.05, 4.69) is 10.1 Å². The molecule has 0 bridgehead atoms. The number of nitrogens with zero attached hydrogens (tertiary/aromatic N) is 1. The van der Waals surface area contributed by atoms with Crippen molar-refractivity contribution < 1.29 is 22.7 Å². The maximum atomic E-state index is 12.6. The smallest absolute Gasteiger partial charge is 0.337 e. The van der Waals surface area contributed by atoms with Crippen molar-refractivity contribution >= 4 is 33.3 Å². The first-order valence-electron chi connectivity index (χ1n) is 8.57. The van der Waals surface area contributed by atoms with Crippen LogP contribution in [0.15, 0.2) is 36.4 Å². The summed E-state index contributed by atoms with van der Waals surface area (Å²) in [5.41, 5.74) is 3.61. The molecule has 0 aliphatic heterocycles. The molecule has 0 spiro atoms. The lowest BCUT2D eigenvalue weighted by molar-refractivity contribution is -0.114. The number of aryl methyl sites for hydroxylation is 2. The van der Waals surface area contributed by atoms with Crippen molar-refractivity contribution in [1.29, 1.82) is 0 Å². The van der Waals surface area contributed by atoms with Gasteiger partial charge in [0, 0.05) is 5.69 Å². The molecule has 0 saturated heterocycles. The molecule has 2 rings (SSSR count). The summed E-state index contributed by atoms with van der Waals surface area (Å²) < 4.78 is 30.4. The number of carbonyl (C=O) groups is 2. The lowest BCUT2D eigenvalue weighted by atomic mass is 10.1. The Hall–Kier alpha value is -2.87. The van der Waals surface area contributed by atoms with Gasteiger partial charge >= 0.3 is 5.97 Å². The van der Waals surface area contributed by atoms with Crippen LogP contribution >= 0.6 is 0 Å². The molecule has 0 fully saturated rings. The van der Waals surface area contributed by atoms with E-state index in [1.807, 2.05) is 19.9 Å². The summed E-state index contributed by atoms with van der Waals surface area (Å²) in [6.07, 6.45) is 1.06. The Balaban J connectivity index is 2.31. The number of methoxy groups -OCH3 is 1. The molecule has 8 heteroatoms. The largest absolute Gasteiger partial charge is 0.465 e. The minimum absolute atomic E-state index is 0.290. The second-order valence-corrected chi connectivity index (χ2v) is 8.46. The van der Waals surface area contributed by atoms with Crippen LogP contribution in [-0.4, -0.2) is 40.2 Å². The van der Waals surface area contributed by atoms with Gasteiger partial charge in [0.1, 0.15) is 6.54 Å². The van der Waals surface area contributed by atoms with Crippen molar-refractivity contribution in [2.45, 2.75) is 20.8 Å². The van der Waals surface area contributed by atoms with Gasteiger partial charge in [-0.3, -0.25) is 9.10 Å². The first-order valence-corrected chi connectivity index (χ1v) is 10.4. The minimum Gasteiger partial charge on any atom is -0.465 e. The van der Waals surface area contributed by atoms with Gasteiger partial charge in [-0.15, -0.1) is 0 Å². The van der Waals surface area contributed by atoms with E-state index in [4.69, 9.17) is 0 Å². The fourth-order valence-corrected chi connectivity index (χ4v) is 3.62. The number of anilines is 2. The molecule has 0 saturated carbocycles. The van der Waals surface area contributed by atoms with Crippen LogP contribution in [-0.2, 0) is 19.6 Å². The number of esters is 1. The minimum atomic E-state index is -3.68. The molecule has 2 aromatic carbocycles. The summed E-state index contributed by atoms with van der Waals surface area (Å²) in [5.74, 6) is -1.04. The number of carbonyl (C=O) groups excluding carboxylic acids is 2. The maximum Gasteiger partial charge on any atom is 0.337 e. The number of rotatable bonds is 6. The van der Waals surface area contributed by atoms with E-state index in [0.29, 0.717) is 11.4 Å². The summed E-state index contributed by atoms with van der Waals surface area (Å²) in [6.45, 7) is 5.08. The summed E-state index contributed by atoms with van der Waals surface area (Å²) in [4.78, 5) is 24.3. The van der Waals surface area contributed by atoms with Crippen LogP contribution in [0, 0.1) is 20.8 Å². The normalized spacial score (nSPS) is 11.0. The topological polar surface area (TPSA) is 92.8 Å². The number of hydrogen-bond donors (Lipinski definition) is 1. The van der Waals surface area contributed by atoms with Crippen LogP contribution in [0.3, 0.4) is 0 Å². The highest BCUT2D eigenvalue weighted by atomic mass is 32.2. The molecule has 0 aromatic heterocycles. The molecule has 1 N–H and O–H groups in total. The molecule has 0 heterocycles. The van der Waals surface area contributed by atoms with Gasteiger partial charge in [0.25, 0.3) is 0 Å². The van der Waals surface area contributed by atoms with Crippen molar-refractivity contribution in [2.75, 3.05) is 29.5 Å². The average molecular weight is 404 g/mol. The highest BCUT2D eigenvalue weighted by Crippen LogP contribution is 2.25. The molecule has 0 aliphatic carbocycles. The quantitative estimate of drug-likeness (QED) is 0.748. The summed E-state index contributed by atoms with van der Waals surface area (Å²) >= 11 is 0. The zero-order chi connectivity index (χ0) is 21.1. The summed E-state index contributed by atoms with van der Waals surface area (Å²) in [6, 6.07) is 10.1. The first kappa shape index (κ1) is 21.4. The van der Waals surface area contributed by atoms with Crippen LogP contribution in [0.4, 0.5) is 11.4 Å². The lowest BCUT2D eigenvalue weighted by Crippen LogP contribution is -2.38. The van der Waals surface area contributed by atoms with E-state index in [1.54, 1.807) is 31.2 Å². The maximum absolute atomic E-state index is 12.6. The van der Waals surface area contributed by atoms with Crippen LogP contribution in [0.1, 0.15) is 27.0 Å². The molecular weight excluding hydrogens is 380 g/mol.